The topological polar surface area (TPSA) is 62.1 Å². The van der Waals surface area contributed by atoms with Crippen molar-refractivity contribution < 1.29 is 4.79 Å². The van der Waals surface area contributed by atoms with E-state index in [0.29, 0.717) is 5.92 Å². The van der Waals surface area contributed by atoms with Crippen LogP contribution in [0, 0.1) is 11.8 Å². The molecule has 1 aliphatic rings. The third kappa shape index (κ3) is 2.69. The molecule has 0 radical (unpaired) electrons. The van der Waals surface area contributed by atoms with Gasteiger partial charge in [-0.25, -0.2) is 0 Å². The van der Waals surface area contributed by atoms with Crippen molar-refractivity contribution in [1.82, 2.24) is 4.98 Å². The second kappa shape index (κ2) is 5.36. The lowest BCUT2D eigenvalue weighted by Gasteiger charge is -2.29. The molecule has 94 valence electrons. The Bertz CT molecular complexity index is 353. The van der Waals surface area contributed by atoms with Gasteiger partial charge in [0.05, 0.1) is 0 Å². The van der Waals surface area contributed by atoms with Crippen LogP contribution in [0.2, 0.25) is 0 Å². The highest BCUT2D eigenvalue weighted by atomic mass is 16.2. The van der Waals surface area contributed by atoms with E-state index in [9.17, 15) is 4.79 Å². The Labute approximate surface area is 102 Å². The van der Waals surface area contributed by atoms with Gasteiger partial charge in [0, 0.05) is 19.2 Å². The van der Waals surface area contributed by atoms with E-state index in [0.717, 1.165) is 38.0 Å². The van der Waals surface area contributed by atoms with Gasteiger partial charge < -0.3 is 15.6 Å². The maximum atomic E-state index is 12.3. The molecule has 1 aliphatic carbocycles. The number of carbonyl (C=O) groups excluding carboxylic acids is 1. The summed E-state index contributed by atoms with van der Waals surface area (Å²) in [5.41, 5.74) is 5.66. The molecule has 0 aliphatic heterocycles. The Morgan fingerprint density at radius 3 is 2.71 bits per heavy atom. The molecule has 3 N–H and O–H groups in total. The summed E-state index contributed by atoms with van der Waals surface area (Å²) in [7, 11) is 1.84. The van der Waals surface area contributed by atoms with Gasteiger partial charge in [-0.3, -0.25) is 4.79 Å². The molecule has 17 heavy (non-hydrogen) atoms. The zero-order chi connectivity index (χ0) is 12.3. The number of hydrogen-bond acceptors (Lipinski definition) is 2. The zero-order valence-electron chi connectivity index (χ0n) is 10.4. The summed E-state index contributed by atoms with van der Waals surface area (Å²) in [6, 6.07) is 3.83. The third-order valence-electron chi connectivity index (χ3n) is 3.80. The van der Waals surface area contributed by atoms with Crippen LogP contribution in [-0.4, -0.2) is 24.5 Å². The van der Waals surface area contributed by atoms with E-state index < -0.39 is 0 Å². The minimum atomic E-state index is 0.172. The third-order valence-corrected chi connectivity index (χ3v) is 3.80. The molecule has 1 fully saturated rings. The van der Waals surface area contributed by atoms with Crippen LogP contribution in [0.25, 0.3) is 0 Å². The average molecular weight is 235 g/mol. The molecule has 0 aromatic carbocycles. The van der Waals surface area contributed by atoms with E-state index in [1.807, 2.05) is 25.4 Å². The van der Waals surface area contributed by atoms with Gasteiger partial charge in [0.15, 0.2) is 0 Å². The van der Waals surface area contributed by atoms with Crippen LogP contribution in [0.15, 0.2) is 18.3 Å². The molecule has 1 saturated carbocycles. The molecule has 2 rings (SSSR count). The van der Waals surface area contributed by atoms with E-state index >= 15 is 0 Å². The maximum Gasteiger partial charge on any atom is 0.230 e. The average Bonchev–Trinajstić information content (AvgIpc) is 2.91. The highest BCUT2D eigenvalue weighted by molar-refractivity contribution is 5.93. The lowest BCUT2D eigenvalue weighted by Crippen LogP contribution is -2.36. The fourth-order valence-electron chi connectivity index (χ4n) is 2.57. The Balaban J connectivity index is 1.93. The van der Waals surface area contributed by atoms with E-state index in [1.165, 1.54) is 0 Å². The monoisotopic (exact) mass is 235 g/mol. The molecule has 4 nitrogen and oxygen atoms in total. The van der Waals surface area contributed by atoms with E-state index in [1.54, 1.807) is 4.90 Å². The number of nitrogens with two attached hydrogens (primary N) is 1. The number of H-pyrrole nitrogens is 1. The number of hydrogen-bond donors (Lipinski definition) is 2. The second-order valence-electron chi connectivity index (χ2n) is 4.91. The van der Waals surface area contributed by atoms with E-state index in [-0.39, 0.29) is 11.8 Å². The number of nitrogens with one attached hydrogen (secondary N) is 1. The zero-order valence-corrected chi connectivity index (χ0v) is 10.4. The number of nitrogens with zero attached hydrogens (tertiary/aromatic N) is 1. The van der Waals surface area contributed by atoms with Crippen molar-refractivity contribution in [3.8, 4) is 0 Å². The van der Waals surface area contributed by atoms with Crippen molar-refractivity contribution >= 4 is 11.7 Å². The van der Waals surface area contributed by atoms with Gasteiger partial charge in [-0.1, -0.05) is 0 Å². The number of aromatic nitrogens is 1. The molecule has 0 bridgehead atoms. The van der Waals surface area contributed by atoms with Gasteiger partial charge in [-0.05, 0) is 50.3 Å². The number of rotatable bonds is 3. The molecule has 1 aromatic rings. The van der Waals surface area contributed by atoms with Crippen LogP contribution in [0.5, 0.6) is 0 Å². The van der Waals surface area contributed by atoms with Gasteiger partial charge in [-0.2, -0.15) is 0 Å². The van der Waals surface area contributed by atoms with Gasteiger partial charge in [0.2, 0.25) is 5.91 Å². The van der Waals surface area contributed by atoms with Crippen molar-refractivity contribution in [1.29, 1.82) is 0 Å². The summed E-state index contributed by atoms with van der Waals surface area (Å²) in [6.07, 6.45) is 5.97. The Morgan fingerprint density at radius 2 is 2.18 bits per heavy atom. The smallest absolute Gasteiger partial charge is 0.230 e. The van der Waals surface area contributed by atoms with Crippen LogP contribution in [0.4, 0.5) is 5.82 Å². The lowest BCUT2D eigenvalue weighted by molar-refractivity contribution is -0.123. The highest BCUT2D eigenvalue weighted by Gasteiger charge is 2.28. The van der Waals surface area contributed by atoms with Gasteiger partial charge in [0.25, 0.3) is 0 Å². The number of carbonyl (C=O) groups is 1. The fraction of sp³-hybridized carbons (Fsp3) is 0.615. The standard InChI is InChI=1S/C13H21N3O/c1-16(12-3-2-8-15-12)13(17)11-6-4-10(9-14)5-7-11/h2-3,8,10-11,15H,4-7,9,14H2,1H3. The lowest BCUT2D eigenvalue weighted by atomic mass is 9.81. The molecular formula is C13H21N3O. The van der Waals surface area contributed by atoms with Crippen molar-refractivity contribution in [2.45, 2.75) is 25.7 Å². The van der Waals surface area contributed by atoms with Crippen LogP contribution in [0.1, 0.15) is 25.7 Å². The number of amides is 1. The quantitative estimate of drug-likeness (QED) is 0.838. The number of anilines is 1. The molecule has 1 amide bonds. The summed E-state index contributed by atoms with van der Waals surface area (Å²) in [6.45, 7) is 0.757. The van der Waals surface area contributed by atoms with Gasteiger partial charge >= 0.3 is 0 Å². The van der Waals surface area contributed by atoms with Crippen molar-refractivity contribution in [2.75, 3.05) is 18.5 Å². The molecule has 1 heterocycles. The predicted octanol–water partition coefficient (Wildman–Crippen LogP) is 1.74. The molecule has 0 saturated heterocycles. The van der Waals surface area contributed by atoms with Gasteiger partial charge in [0.1, 0.15) is 5.82 Å². The Hall–Kier alpha value is -1.29. The van der Waals surface area contributed by atoms with Crippen molar-refractivity contribution in [2.24, 2.45) is 17.6 Å². The first kappa shape index (κ1) is 12.2. The fourth-order valence-corrected chi connectivity index (χ4v) is 2.57. The van der Waals surface area contributed by atoms with Crippen LogP contribution in [-0.2, 0) is 4.79 Å². The first-order chi connectivity index (χ1) is 8.22. The summed E-state index contributed by atoms with van der Waals surface area (Å²) >= 11 is 0. The summed E-state index contributed by atoms with van der Waals surface area (Å²) in [5, 5.41) is 0. The normalized spacial score (nSPS) is 24.6. The van der Waals surface area contributed by atoms with E-state index in [4.69, 9.17) is 5.73 Å². The Morgan fingerprint density at radius 1 is 1.47 bits per heavy atom. The van der Waals surface area contributed by atoms with Crippen LogP contribution >= 0.6 is 0 Å². The predicted molar refractivity (Wildman–Crippen MR) is 68.7 cm³/mol. The second-order valence-corrected chi connectivity index (χ2v) is 4.91. The molecule has 0 spiro atoms. The molecule has 0 unspecified atom stereocenters. The maximum absolute atomic E-state index is 12.3. The summed E-state index contributed by atoms with van der Waals surface area (Å²) in [5.74, 6) is 1.89. The van der Waals surface area contributed by atoms with Crippen molar-refractivity contribution in [3.05, 3.63) is 18.3 Å². The summed E-state index contributed by atoms with van der Waals surface area (Å²) < 4.78 is 0. The minimum absolute atomic E-state index is 0.172. The van der Waals surface area contributed by atoms with Crippen LogP contribution < -0.4 is 10.6 Å². The molecular weight excluding hydrogens is 214 g/mol. The minimum Gasteiger partial charge on any atom is -0.348 e. The Kier molecular flexibility index (Phi) is 3.84. The summed E-state index contributed by atoms with van der Waals surface area (Å²) in [4.78, 5) is 17.1. The number of aromatic amines is 1. The largest absolute Gasteiger partial charge is 0.348 e. The van der Waals surface area contributed by atoms with E-state index in [2.05, 4.69) is 4.98 Å². The highest BCUT2D eigenvalue weighted by Crippen LogP contribution is 2.29. The van der Waals surface area contributed by atoms with Gasteiger partial charge in [-0.15, -0.1) is 0 Å². The molecule has 0 atom stereocenters. The SMILES string of the molecule is CN(C(=O)C1CCC(CN)CC1)c1ccc[nH]1. The first-order valence-electron chi connectivity index (χ1n) is 6.33. The molecule has 4 heteroatoms. The first-order valence-corrected chi connectivity index (χ1v) is 6.33. The van der Waals surface area contributed by atoms with Crippen LogP contribution in [0.3, 0.4) is 0 Å². The van der Waals surface area contributed by atoms with Crippen molar-refractivity contribution in [3.63, 3.8) is 0 Å². The molecule has 1 aromatic heterocycles.